The Morgan fingerprint density at radius 3 is 2.95 bits per heavy atom. The molecule has 2 rings (SSSR count). The Balaban J connectivity index is 2.19. The average molecular weight is 277 g/mol. The van der Waals surface area contributed by atoms with Gasteiger partial charge < -0.3 is 15.4 Å². The van der Waals surface area contributed by atoms with Crippen molar-refractivity contribution in [2.24, 2.45) is 0 Å². The summed E-state index contributed by atoms with van der Waals surface area (Å²) in [4.78, 5) is 18.1. The Bertz CT molecular complexity index is 569. The van der Waals surface area contributed by atoms with Crippen molar-refractivity contribution in [3.63, 3.8) is 0 Å². The van der Waals surface area contributed by atoms with Crippen molar-refractivity contribution < 1.29 is 9.53 Å². The van der Waals surface area contributed by atoms with Crippen LogP contribution in [0.2, 0.25) is 0 Å². The number of carbonyl (C=O) groups is 1. The van der Waals surface area contributed by atoms with Gasteiger partial charge in [0, 0.05) is 24.2 Å². The highest BCUT2D eigenvalue weighted by molar-refractivity contribution is 7.07. The fourth-order valence-electron chi connectivity index (χ4n) is 1.72. The maximum absolute atomic E-state index is 12.3. The molecule has 2 N–H and O–H groups in total. The standard InChI is InChI=1S/C13H15N3O2S/c1-16(6-10-7-19-8-15-10)13(17)11-4-3-9(14)5-12(11)18-2/h3-5,7-8H,6,14H2,1-2H3. The highest BCUT2D eigenvalue weighted by Gasteiger charge is 2.17. The van der Waals surface area contributed by atoms with Crippen molar-refractivity contribution in [2.45, 2.75) is 6.54 Å². The zero-order valence-electron chi connectivity index (χ0n) is 10.8. The van der Waals surface area contributed by atoms with Gasteiger partial charge in [-0.3, -0.25) is 4.79 Å². The van der Waals surface area contributed by atoms with E-state index >= 15 is 0 Å². The van der Waals surface area contributed by atoms with Gasteiger partial charge in [-0.05, 0) is 12.1 Å². The van der Waals surface area contributed by atoms with Gasteiger partial charge in [0.1, 0.15) is 5.75 Å². The van der Waals surface area contributed by atoms with E-state index in [1.54, 1.807) is 35.7 Å². The summed E-state index contributed by atoms with van der Waals surface area (Å²) in [7, 11) is 3.25. The van der Waals surface area contributed by atoms with E-state index < -0.39 is 0 Å². The van der Waals surface area contributed by atoms with Gasteiger partial charge in [0.05, 0.1) is 30.4 Å². The van der Waals surface area contributed by atoms with Crippen LogP contribution >= 0.6 is 11.3 Å². The molecule has 0 aliphatic rings. The first kappa shape index (κ1) is 13.4. The molecule has 0 saturated carbocycles. The average Bonchev–Trinajstić information content (AvgIpc) is 2.90. The normalized spacial score (nSPS) is 10.2. The highest BCUT2D eigenvalue weighted by atomic mass is 32.1. The lowest BCUT2D eigenvalue weighted by atomic mass is 10.1. The number of nitrogen functional groups attached to an aromatic ring is 1. The Kier molecular flexibility index (Phi) is 4.01. The molecule has 0 atom stereocenters. The topological polar surface area (TPSA) is 68.5 Å². The maximum atomic E-state index is 12.3. The third kappa shape index (κ3) is 3.03. The molecule has 0 spiro atoms. The predicted octanol–water partition coefficient (Wildman–Crippen LogP) is 2.01. The van der Waals surface area contributed by atoms with Crippen molar-refractivity contribution in [3.8, 4) is 5.75 Å². The number of thiazole rings is 1. The minimum atomic E-state index is -0.121. The molecular weight excluding hydrogens is 262 g/mol. The van der Waals surface area contributed by atoms with Crippen LogP contribution < -0.4 is 10.5 Å². The van der Waals surface area contributed by atoms with Gasteiger partial charge in [-0.25, -0.2) is 4.98 Å². The van der Waals surface area contributed by atoms with Gasteiger partial charge in [-0.2, -0.15) is 0 Å². The number of carbonyl (C=O) groups excluding carboxylic acids is 1. The lowest BCUT2D eigenvalue weighted by Gasteiger charge is -2.17. The van der Waals surface area contributed by atoms with Gasteiger partial charge in [-0.1, -0.05) is 0 Å². The summed E-state index contributed by atoms with van der Waals surface area (Å²) >= 11 is 1.51. The van der Waals surface area contributed by atoms with Crippen LogP contribution in [0.4, 0.5) is 5.69 Å². The summed E-state index contributed by atoms with van der Waals surface area (Å²) in [5, 5.41) is 1.92. The number of nitrogens with zero attached hydrogens (tertiary/aromatic N) is 2. The first-order valence-electron chi connectivity index (χ1n) is 5.68. The molecule has 0 fully saturated rings. The molecule has 19 heavy (non-hydrogen) atoms. The third-order valence-corrected chi connectivity index (χ3v) is 3.32. The molecule has 0 bridgehead atoms. The molecule has 0 saturated heterocycles. The van der Waals surface area contributed by atoms with Crippen LogP contribution in [0.25, 0.3) is 0 Å². The predicted molar refractivity (Wildman–Crippen MR) is 75.3 cm³/mol. The second-order valence-corrected chi connectivity index (χ2v) is 4.82. The molecule has 6 heteroatoms. The van der Waals surface area contributed by atoms with E-state index in [0.29, 0.717) is 23.5 Å². The molecular formula is C13H15N3O2S. The Hall–Kier alpha value is -2.08. The number of hydrogen-bond acceptors (Lipinski definition) is 5. The van der Waals surface area contributed by atoms with E-state index in [2.05, 4.69) is 4.98 Å². The summed E-state index contributed by atoms with van der Waals surface area (Å²) in [6.45, 7) is 0.468. The molecule has 1 aromatic carbocycles. The smallest absolute Gasteiger partial charge is 0.257 e. The van der Waals surface area contributed by atoms with Crippen LogP contribution in [0, 0.1) is 0 Å². The molecule has 5 nitrogen and oxygen atoms in total. The Labute approximate surface area is 115 Å². The van der Waals surface area contributed by atoms with E-state index in [4.69, 9.17) is 10.5 Å². The lowest BCUT2D eigenvalue weighted by Crippen LogP contribution is -2.26. The van der Waals surface area contributed by atoms with E-state index in [1.165, 1.54) is 18.4 Å². The van der Waals surface area contributed by atoms with Gasteiger partial charge >= 0.3 is 0 Å². The number of ether oxygens (including phenoxy) is 1. The van der Waals surface area contributed by atoms with Crippen LogP contribution in [0.3, 0.4) is 0 Å². The minimum Gasteiger partial charge on any atom is -0.496 e. The highest BCUT2D eigenvalue weighted by Crippen LogP contribution is 2.23. The number of nitrogens with two attached hydrogens (primary N) is 1. The number of aromatic nitrogens is 1. The largest absolute Gasteiger partial charge is 0.496 e. The quantitative estimate of drug-likeness (QED) is 0.868. The van der Waals surface area contributed by atoms with Crippen LogP contribution in [-0.4, -0.2) is 29.9 Å². The molecule has 100 valence electrons. The van der Waals surface area contributed by atoms with Crippen LogP contribution in [-0.2, 0) is 6.54 Å². The number of benzene rings is 1. The minimum absolute atomic E-state index is 0.121. The number of hydrogen-bond donors (Lipinski definition) is 1. The van der Waals surface area contributed by atoms with Gasteiger partial charge in [0.25, 0.3) is 5.91 Å². The van der Waals surface area contributed by atoms with Gasteiger partial charge in [-0.15, -0.1) is 11.3 Å². The number of methoxy groups -OCH3 is 1. The van der Waals surface area contributed by atoms with E-state index in [0.717, 1.165) is 5.69 Å². The Morgan fingerprint density at radius 1 is 1.53 bits per heavy atom. The Morgan fingerprint density at radius 2 is 2.32 bits per heavy atom. The fraction of sp³-hybridized carbons (Fsp3) is 0.231. The molecule has 0 radical (unpaired) electrons. The monoisotopic (exact) mass is 277 g/mol. The molecule has 1 amide bonds. The van der Waals surface area contributed by atoms with Crippen LogP contribution in [0.15, 0.2) is 29.1 Å². The molecule has 0 aliphatic heterocycles. The molecule has 0 aliphatic carbocycles. The van der Waals surface area contributed by atoms with Crippen molar-refractivity contribution in [2.75, 3.05) is 19.9 Å². The number of anilines is 1. The first-order chi connectivity index (χ1) is 9.11. The summed E-state index contributed by atoms with van der Waals surface area (Å²) in [5.74, 6) is 0.361. The second-order valence-electron chi connectivity index (χ2n) is 4.10. The van der Waals surface area contributed by atoms with E-state index in [-0.39, 0.29) is 5.91 Å². The number of rotatable bonds is 4. The van der Waals surface area contributed by atoms with E-state index in [9.17, 15) is 4.79 Å². The van der Waals surface area contributed by atoms with Gasteiger partial charge in [0.15, 0.2) is 0 Å². The van der Waals surface area contributed by atoms with E-state index in [1.807, 2.05) is 5.38 Å². The lowest BCUT2D eigenvalue weighted by molar-refractivity contribution is 0.0780. The third-order valence-electron chi connectivity index (χ3n) is 2.69. The molecule has 0 unspecified atom stereocenters. The summed E-state index contributed by atoms with van der Waals surface area (Å²) < 4.78 is 5.19. The molecule has 1 heterocycles. The van der Waals surface area contributed by atoms with Crippen molar-refractivity contribution >= 4 is 22.9 Å². The van der Waals surface area contributed by atoms with Crippen molar-refractivity contribution in [1.82, 2.24) is 9.88 Å². The second kappa shape index (κ2) is 5.71. The SMILES string of the molecule is COc1cc(N)ccc1C(=O)N(C)Cc1cscn1. The van der Waals surface area contributed by atoms with Crippen LogP contribution in [0.1, 0.15) is 16.1 Å². The molecule has 1 aromatic heterocycles. The number of amides is 1. The van der Waals surface area contributed by atoms with Gasteiger partial charge in [0.2, 0.25) is 0 Å². The van der Waals surface area contributed by atoms with Crippen LogP contribution in [0.5, 0.6) is 5.75 Å². The van der Waals surface area contributed by atoms with Crippen molar-refractivity contribution in [1.29, 1.82) is 0 Å². The van der Waals surface area contributed by atoms with Crippen molar-refractivity contribution in [3.05, 3.63) is 40.3 Å². The zero-order valence-corrected chi connectivity index (χ0v) is 11.6. The summed E-state index contributed by atoms with van der Waals surface area (Å²) in [6.07, 6.45) is 0. The molecule has 2 aromatic rings. The summed E-state index contributed by atoms with van der Waals surface area (Å²) in [6, 6.07) is 5.00. The fourth-order valence-corrected chi connectivity index (χ4v) is 2.27. The first-order valence-corrected chi connectivity index (χ1v) is 6.62. The maximum Gasteiger partial charge on any atom is 0.257 e. The summed E-state index contributed by atoms with van der Waals surface area (Å²) in [5.41, 5.74) is 9.35. The zero-order chi connectivity index (χ0) is 13.8.